The summed E-state index contributed by atoms with van der Waals surface area (Å²) in [6.45, 7) is 18.7. The van der Waals surface area contributed by atoms with E-state index in [0.29, 0.717) is 0 Å². The van der Waals surface area contributed by atoms with Crippen LogP contribution >= 0.6 is 0 Å². The number of hydrogen-bond acceptors (Lipinski definition) is 1. The van der Waals surface area contributed by atoms with Gasteiger partial charge in [-0.2, -0.15) is 0 Å². The Balaban J connectivity index is 0.000000621. The number of allylic oxidation sites excluding steroid dienone is 5. The van der Waals surface area contributed by atoms with Gasteiger partial charge < -0.3 is 0 Å². The Bertz CT molecular complexity index is 516. The lowest BCUT2D eigenvalue weighted by molar-refractivity contribution is 1.23. The summed E-state index contributed by atoms with van der Waals surface area (Å²) in [7, 11) is 0. The molecule has 0 radical (unpaired) electrons. The van der Waals surface area contributed by atoms with Crippen LogP contribution in [0.5, 0.6) is 0 Å². The molecule has 106 valence electrons. The fourth-order valence-corrected chi connectivity index (χ4v) is 1.23. The van der Waals surface area contributed by atoms with Crippen molar-refractivity contribution in [1.29, 1.82) is 0 Å². The van der Waals surface area contributed by atoms with Crippen molar-refractivity contribution in [3.8, 4) is 0 Å². The molecule has 20 heavy (non-hydrogen) atoms. The molecule has 0 saturated heterocycles. The Morgan fingerprint density at radius 1 is 0.950 bits per heavy atom. The van der Waals surface area contributed by atoms with Gasteiger partial charge in [0, 0.05) is 11.4 Å². The Morgan fingerprint density at radius 3 is 1.85 bits per heavy atom. The fraction of sp³-hybridized carbons (Fsp3) is 0.211. The second-order valence-electron chi connectivity index (χ2n) is 4.59. The largest absolute Gasteiger partial charge is 0.258 e. The SMILES string of the molecule is C=C/C(C)=C(\C)N=C(C)c1ccccc1.C=CC(=C)C. The van der Waals surface area contributed by atoms with Crippen LogP contribution in [0.25, 0.3) is 0 Å². The first-order valence-corrected chi connectivity index (χ1v) is 6.61. The third-order valence-corrected chi connectivity index (χ3v) is 2.75. The third-order valence-electron chi connectivity index (χ3n) is 2.75. The number of benzene rings is 1. The van der Waals surface area contributed by atoms with E-state index in [1.54, 1.807) is 6.08 Å². The van der Waals surface area contributed by atoms with Gasteiger partial charge in [-0.05, 0) is 38.8 Å². The molecule has 1 aromatic carbocycles. The zero-order valence-electron chi connectivity index (χ0n) is 13.1. The fourth-order valence-electron chi connectivity index (χ4n) is 1.23. The summed E-state index contributed by atoms with van der Waals surface area (Å²) in [5.74, 6) is 0. The van der Waals surface area contributed by atoms with Crippen molar-refractivity contribution < 1.29 is 0 Å². The smallest absolute Gasteiger partial charge is 0.0448 e. The van der Waals surface area contributed by atoms with Crippen LogP contribution in [0.2, 0.25) is 0 Å². The Kier molecular flexibility index (Phi) is 8.69. The molecule has 0 atom stereocenters. The first kappa shape index (κ1) is 17.8. The first-order valence-electron chi connectivity index (χ1n) is 6.61. The maximum absolute atomic E-state index is 4.54. The number of nitrogens with zero attached hydrogens (tertiary/aromatic N) is 1. The minimum absolute atomic E-state index is 1.02. The predicted octanol–water partition coefficient (Wildman–Crippen LogP) is 5.72. The molecule has 0 saturated carbocycles. The summed E-state index contributed by atoms with van der Waals surface area (Å²) in [5.41, 5.74) is 5.35. The van der Waals surface area contributed by atoms with Crippen LogP contribution in [0.3, 0.4) is 0 Å². The molecule has 0 N–H and O–H groups in total. The summed E-state index contributed by atoms with van der Waals surface area (Å²) < 4.78 is 0. The molecule has 0 aliphatic carbocycles. The van der Waals surface area contributed by atoms with E-state index in [4.69, 9.17) is 0 Å². The van der Waals surface area contributed by atoms with Gasteiger partial charge in [0.1, 0.15) is 0 Å². The number of hydrogen-bond donors (Lipinski definition) is 0. The Labute approximate surface area is 123 Å². The van der Waals surface area contributed by atoms with E-state index in [-0.39, 0.29) is 0 Å². The van der Waals surface area contributed by atoms with Crippen molar-refractivity contribution in [3.63, 3.8) is 0 Å². The van der Waals surface area contributed by atoms with Gasteiger partial charge in [0.15, 0.2) is 0 Å². The summed E-state index contributed by atoms with van der Waals surface area (Å²) in [6, 6.07) is 10.2. The molecule has 1 nitrogen and oxygen atoms in total. The lowest BCUT2D eigenvalue weighted by Gasteiger charge is -2.02. The van der Waals surface area contributed by atoms with Gasteiger partial charge >= 0.3 is 0 Å². The molecule has 0 fully saturated rings. The minimum Gasteiger partial charge on any atom is -0.258 e. The predicted molar refractivity (Wildman–Crippen MR) is 92.2 cm³/mol. The lowest BCUT2D eigenvalue weighted by atomic mass is 10.1. The van der Waals surface area contributed by atoms with Crippen molar-refractivity contribution in [2.75, 3.05) is 0 Å². The van der Waals surface area contributed by atoms with Crippen LogP contribution in [0, 0.1) is 0 Å². The number of rotatable bonds is 4. The van der Waals surface area contributed by atoms with Crippen molar-refractivity contribution in [2.45, 2.75) is 27.7 Å². The molecule has 1 rings (SSSR count). The van der Waals surface area contributed by atoms with E-state index in [9.17, 15) is 0 Å². The van der Waals surface area contributed by atoms with Gasteiger partial charge in [0.2, 0.25) is 0 Å². The highest BCUT2D eigenvalue weighted by Crippen LogP contribution is 2.09. The second kappa shape index (κ2) is 9.74. The molecule has 0 amide bonds. The van der Waals surface area contributed by atoms with E-state index in [1.807, 2.05) is 52.0 Å². The maximum atomic E-state index is 4.54. The van der Waals surface area contributed by atoms with E-state index in [1.165, 1.54) is 0 Å². The maximum Gasteiger partial charge on any atom is 0.0448 e. The molecule has 0 spiro atoms. The van der Waals surface area contributed by atoms with Crippen LogP contribution < -0.4 is 0 Å². The monoisotopic (exact) mass is 267 g/mol. The normalized spacial score (nSPS) is 11.7. The summed E-state index contributed by atoms with van der Waals surface area (Å²) in [5, 5.41) is 0. The zero-order valence-corrected chi connectivity index (χ0v) is 13.1. The second-order valence-corrected chi connectivity index (χ2v) is 4.59. The summed E-state index contributed by atoms with van der Waals surface area (Å²) in [4.78, 5) is 4.54. The van der Waals surface area contributed by atoms with Crippen molar-refractivity contribution in [3.05, 3.63) is 84.6 Å². The average Bonchev–Trinajstić information content (AvgIpc) is 2.47. The molecule has 0 aromatic heterocycles. The Morgan fingerprint density at radius 2 is 1.45 bits per heavy atom. The molecule has 0 aliphatic heterocycles. The molecule has 0 unspecified atom stereocenters. The quantitative estimate of drug-likeness (QED) is 0.488. The van der Waals surface area contributed by atoms with E-state index in [0.717, 1.165) is 28.1 Å². The molecular formula is C19H25N. The molecule has 0 heterocycles. The van der Waals surface area contributed by atoms with Crippen LogP contribution in [-0.4, -0.2) is 5.71 Å². The van der Waals surface area contributed by atoms with Crippen molar-refractivity contribution in [1.82, 2.24) is 0 Å². The van der Waals surface area contributed by atoms with Crippen LogP contribution in [0.4, 0.5) is 0 Å². The summed E-state index contributed by atoms with van der Waals surface area (Å²) >= 11 is 0. The highest BCUT2D eigenvalue weighted by atomic mass is 14.7. The highest BCUT2D eigenvalue weighted by molar-refractivity contribution is 5.99. The standard InChI is InChI=1S/C14H17N.C5H8/c1-5-11(2)12(3)15-13(4)14-9-7-6-8-10-14;1-4-5(2)3/h5-10H,1H2,2-4H3;4H,1-2H2,3H3/b12-11+,15-13?;. The average molecular weight is 267 g/mol. The van der Waals surface area contributed by atoms with Crippen molar-refractivity contribution >= 4 is 5.71 Å². The van der Waals surface area contributed by atoms with Gasteiger partial charge in [-0.3, -0.25) is 4.99 Å². The van der Waals surface area contributed by atoms with E-state index >= 15 is 0 Å². The molecule has 1 aromatic rings. The van der Waals surface area contributed by atoms with Gasteiger partial charge in [-0.15, -0.1) is 0 Å². The van der Waals surface area contributed by atoms with Gasteiger partial charge in [0.05, 0.1) is 0 Å². The topological polar surface area (TPSA) is 12.4 Å². The third kappa shape index (κ3) is 7.32. The molecule has 0 bridgehead atoms. The first-order chi connectivity index (χ1) is 9.42. The van der Waals surface area contributed by atoms with Crippen molar-refractivity contribution in [2.24, 2.45) is 4.99 Å². The van der Waals surface area contributed by atoms with E-state index < -0.39 is 0 Å². The Hall–Kier alpha value is -2.15. The zero-order chi connectivity index (χ0) is 15.5. The van der Waals surface area contributed by atoms with Gasteiger partial charge in [-0.1, -0.05) is 67.8 Å². The summed E-state index contributed by atoms with van der Waals surface area (Å²) in [6.07, 6.45) is 3.55. The lowest BCUT2D eigenvalue weighted by Crippen LogP contribution is -1.94. The molecule has 1 heteroatoms. The van der Waals surface area contributed by atoms with Gasteiger partial charge in [0.25, 0.3) is 0 Å². The highest BCUT2D eigenvalue weighted by Gasteiger charge is 1.96. The number of aliphatic imine (C=N–C) groups is 1. The molecular weight excluding hydrogens is 242 g/mol. The van der Waals surface area contributed by atoms with E-state index in [2.05, 4.69) is 36.9 Å². The van der Waals surface area contributed by atoms with Crippen LogP contribution in [0.1, 0.15) is 33.3 Å². The van der Waals surface area contributed by atoms with Crippen LogP contribution in [0.15, 0.2) is 84.1 Å². The van der Waals surface area contributed by atoms with Crippen LogP contribution in [-0.2, 0) is 0 Å². The molecule has 0 aliphatic rings. The van der Waals surface area contributed by atoms with Gasteiger partial charge in [-0.25, -0.2) is 0 Å². The minimum atomic E-state index is 1.02.